The highest BCUT2D eigenvalue weighted by Crippen LogP contribution is 2.58. The number of cyclic esters (lactones) is 1. The highest BCUT2D eigenvalue weighted by atomic mass is 35.5. The molecular formula is C61H75ClFN5O16P2. The summed E-state index contributed by atoms with van der Waals surface area (Å²) < 4.78 is 100.0. The fourth-order valence-corrected chi connectivity index (χ4v) is 14.8. The van der Waals surface area contributed by atoms with Crippen LogP contribution in [0, 0.1) is 35.0 Å². The maximum Gasteiger partial charge on any atom is 0.460 e. The molecular weight excluding hydrogens is 1180 g/mol. The van der Waals surface area contributed by atoms with Crippen molar-refractivity contribution in [2.75, 3.05) is 19.8 Å². The van der Waals surface area contributed by atoms with Gasteiger partial charge in [-0.25, -0.2) is 23.1 Å². The van der Waals surface area contributed by atoms with E-state index in [4.69, 9.17) is 53.4 Å². The van der Waals surface area contributed by atoms with Crippen molar-refractivity contribution in [1.29, 1.82) is 0 Å². The lowest BCUT2D eigenvalue weighted by molar-refractivity contribution is -0.165. The Bertz CT molecular complexity index is 3190. The summed E-state index contributed by atoms with van der Waals surface area (Å²) in [5.74, 6) is -1.61. The number of hydrogen-bond acceptors (Lipinski definition) is 18. The van der Waals surface area contributed by atoms with Crippen LogP contribution >= 0.6 is 27.1 Å². The number of rotatable bonds is 17. The number of fused-ring (bicyclic) bond motifs is 1. The average molecular weight is 1250 g/mol. The van der Waals surface area contributed by atoms with Gasteiger partial charge in [-0.2, -0.15) is 0 Å². The molecule has 7 heterocycles. The van der Waals surface area contributed by atoms with E-state index < -0.39 is 88.1 Å². The Morgan fingerprint density at radius 3 is 2.42 bits per heavy atom. The molecule has 1 N–H and O–H groups in total. The van der Waals surface area contributed by atoms with Crippen LogP contribution in [0.15, 0.2) is 114 Å². The number of allylic oxidation sites excluding steroid dienone is 4. The molecule has 7 aliphatic rings. The first kappa shape index (κ1) is 64.7. The van der Waals surface area contributed by atoms with Gasteiger partial charge in [0, 0.05) is 61.0 Å². The molecule has 464 valence electrons. The van der Waals surface area contributed by atoms with Crippen LogP contribution in [-0.4, -0.2) is 106 Å². The van der Waals surface area contributed by atoms with E-state index in [9.17, 15) is 33.1 Å². The number of pyridine rings is 2. The van der Waals surface area contributed by atoms with Crippen molar-refractivity contribution in [3.63, 3.8) is 0 Å². The number of amides is 1. The monoisotopic (exact) mass is 1250 g/mol. The summed E-state index contributed by atoms with van der Waals surface area (Å²) in [6.45, 7) is 12.4. The maximum absolute atomic E-state index is 16.0. The molecule has 0 saturated carbocycles. The lowest BCUT2D eigenvalue weighted by Gasteiger charge is -2.44. The second kappa shape index (κ2) is 27.7. The van der Waals surface area contributed by atoms with Gasteiger partial charge in [-0.3, -0.25) is 52.4 Å². The fraction of sp³-hybridized carbons (Fsp3) is 0.541. The molecule has 0 bridgehead atoms. The Labute approximate surface area is 505 Å². The number of esters is 3. The van der Waals surface area contributed by atoms with Crippen LogP contribution in [0.2, 0.25) is 5.02 Å². The summed E-state index contributed by atoms with van der Waals surface area (Å²) in [6, 6.07) is 13.9. The summed E-state index contributed by atoms with van der Waals surface area (Å²) in [5, 5.41) is 3.27. The Morgan fingerprint density at radius 1 is 0.942 bits per heavy atom. The van der Waals surface area contributed by atoms with Crippen LogP contribution in [0.5, 0.6) is 0 Å². The van der Waals surface area contributed by atoms with Crippen molar-refractivity contribution < 1.29 is 79.3 Å². The van der Waals surface area contributed by atoms with Crippen LogP contribution < -0.4 is 5.09 Å². The minimum absolute atomic E-state index is 0.00628. The van der Waals surface area contributed by atoms with E-state index in [0.717, 1.165) is 49.4 Å². The largest absolute Gasteiger partial charge is 0.462 e. The van der Waals surface area contributed by atoms with Gasteiger partial charge in [0.25, 0.3) is 0 Å². The highest BCUT2D eigenvalue weighted by molar-refractivity contribution is 7.52. The number of carbonyl (C=O) groups excluding carboxylic acids is 5. The number of hydrogen-bond donors (Lipinski definition) is 1. The van der Waals surface area contributed by atoms with Crippen LogP contribution in [0.3, 0.4) is 0 Å². The van der Waals surface area contributed by atoms with E-state index in [1.54, 1.807) is 73.3 Å². The Morgan fingerprint density at radius 2 is 1.71 bits per heavy atom. The Kier molecular flexibility index (Phi) is 20.8. The minimum atomic E-state index is -4.06. The third kappa shape index (κ3) is 15.9. The van der Waals surface area contributed by atoms with Crippen LogP contribution in [0.25, 0.3) is 0 Å². The standard InChI is InChI=1S/C38H48N3O8P.C23H27ClFN2O8P/c1-6-38(4,5)37(43)47-32-18-24(2)17-27-12-11-25(3)31(34(27)32)14-13-30-19-26(20-33(42)46-30)23-45-50(44)41-35(28-9-7-15-39-21-28)48-36(49-50)29-10-8-16-40-22-29;1-14(28)33-21-19(34-22(23(21,2)25)27-10-8-17(29)12-20(27)30)13-32-36(31)26-9-4-7-18(35-36)15-5-3-6-16(24)11-15/h7-12,15-17,21-22,24-26,30-32,34,36H,6,13-14,18-20,23H2,1-5H3;3,5-6,8,10-11,18-19,21-22H,4,7,9,12-13H2,1-2H3,(H,26,31)/t24-,25-,26+,30-,31-,32-,34-,36?,50?;18?,19-,21-,22-,23-,36?/m01/s1. The smallest absolute Gasteiger partial charge is 0.460 e. The highest BCUT2D eigenvalue weighted by Gasteiger charge is 2.60. The number of ketones is 1. The van der Waals surface area contributed by atoms with E-state index >= 15 is 4.39 Å². The predicted molar refractivity (Wildman–Crippen MR) is 312 cm³/mol. The second-order valence-electron chi connectivity index (χ2n) is 23.7. The zero-order valence-electron chi connectivity index (χ0n) is 49.2. The van der Waals surface area contributed by atoms with Crippen LogP contribution in [0.1, 0.15) is 135 Å². The van der Waals surface area contributed by atoms with Gasteiger partial charge in [0.2, 0.25) is 18.1 Å². The van der Waals surface area contributed by atoms with E-state index in [-0.39, 0.29) is 66.7 Å². The molecule has 1 amide bonds. The van der Waals surface area contributed by atoms with E-state index in [2.05, 4.69) is 51.9 Å². The lowest BCUT2D eigenvalue weighted by atomic mass is 9.65. The molecule has 3 fully saturated rings. The van der Waals surface area contributed by atoms with Gasteiger partial charge in [-0.15, -0.1) is 4.76 Å². The van der Waals surface area contributed by atoms with Crippen LogP contribution in [-0.2, 0) is 74.9 Å². The van der Waals surface area contributed by atoms with E-state index in [1.165, 1.54) is 5.57 Å². The van der Waals surface area contributed by atoms with Crippen molar-refractivity contribution in [2.45, 2.75) is 155 Å². The van der Waals surface area contributed by atoms with Crippen LogP contribution in [0.4, 0.5) is 4.39 Å². The van der Waals surface area contributed by atoms with Crippen molar-refractivity contribution in [2.24, 2.45) is 39.8 Å². The molecule has 3 aromatic rings. The molecule has 10 rings (SSSR count). The number of aromatic nitrogens is 2. The molecule has 25 heteroatoms. The number of ether oxygens (including phenoxy) is 5. The van der Waals surface area contributed by atoms with Crippen molar-refractivity contribution >= 4 is 62.6 Å². The van der Waals surface area contributed by atoms with E-state index in [1.807, 2.05) is 20.8 Å². The predicted octanol–water partition coefficient (Wildman–Crippen LogP) is 11.6. The number of nitrogens with one attached hydrogen (secondary N) is 1. The molecule has 2 aromatic heterocycles. The molecule has 1 aromatic carbocycles. The zero-order valence-corrected chi connectivity index (χ0v) is 51.7. The van der Waals surface area contributed by atoms with Crippen molar-refractivity contribution in [3.05, 3.63) is 131 Å². The number of nitrogens with zero attached hydrogens (tertiary/aromatic N) is 4. The zero-order chi connectivity index (χ0) is 61.6. The van der Waals surface area contributed by atoms with Crippen molar-refractivity contribution in [3.8, 4) is 0 Å². The third-order valence-corrected chi connectivity index (χ3v) is 19.8. The molecule has 5 aliphatic heterocycles. The minimum Gasteiger partial charge on any atom is -0.462 e. The maximum atomic E-state index is 16.0. The molecule has 4 unspecified atom stereocenters. The second-order valence-corrected chi connectivity index (χ2v) is 27.5. The summed E-state index contributed by atoms with van der Waals surface area (Å²) >= 11 is 6.09. The normalized spacial score (nSPS) is 33.6. The molecule has 15 atom stereocenters. The fourth-order valence-electron chi connectivity index (χ4n) is 11.6. The molecule has 0 radical (unpaired) electrons. The van der Waals surface area contributed by atoms with Gasteiger partial charge >= 0.3 is 33.4 Å². The number of carbonyl (C=O) groups is 5. The summed E-state index contributed by atoms with van der Waals surface area (Å²) in [4.78, 5) is 70.9. The molecule has 2 aliphatic carbocycles. The third-order valence-electron chi connectivity index (χ3n) is 16.6. The number of halogens is 2. The summed E-state index contributed by atoms with van der Waals surface area (Å²) in [5.41, 5.74) is 0.120. The molecule has 0 spiro atoms. The first-order valence-electron chi connectivity index (χ1n) is 29.2. The van der Waals surface area contributed by atoms with Gasteiger partial charge in [-0.05, 0) is 143 Å². The van der Waals surface area contributed by atoms with Gasteiger partial charge in [0.15, 0.2) is 23.8 Å². The topological polar surface area (TPSA) is 256 Å². The molecule has 86 heavy (non-hydrogen) atoms. The SMILES string of the molecule is CC(=O)O[C@@H]1[C@@H](COP2(=O)NCCCC(c3cccc(Cl)c3)O2)O[C@@H](N2C=CC(=O)CC2=O)[C@]1(C)F.CCC(C)(C)C(=O)O[C@H]1C[C@@H](C)C=C2C=C[C@H](C)[C@H](CC[C@H]3C[C@@H](COP4(=O)N=C(c5cccnc5)OC(c5cccnc5)O4)CC(=O)O3)[C@H]21. The molecule has 3 saturated heterocycles. The van der Waals surface area contributed by atoms with Crippen molar-refractivity contribution in [1.82, 2.24) is 20.0 Å². The van der Waals surface area contributed by atoms with Gasteiger partial charge in [0.1, 0.15) is 18.3 Å². The number of benzene rings is 1. The molecule has 21 nitrogen and oxygen atoms in total. The van der Waals surface area contributed by atoms with Gasteiger partial charge in [0.05, 0.1) is 43.1 Å². The summed E-state index contributed by atoms with van der Waals surface area (Å²) in [6.07, 6.45) is 13.4. The summed E-state index contributed by atoms with van der Waals surface area (Å²) in [7, 11) is -7.96. The van der Waals surface area contributed by atoms with E-state index in [0.29, 0.717) is 60.7 Å². The van der Waals surface area contributed by atoms with Gasteiger partial charge < -0.3 is 23.7 Å². The first-order valence-corrected chi connectivity index (χ1v) is 32.6. The Hall–Kier alpha value is -5.80. The lowest BCUT2D eigenvalue weighted by Crippen LogP contribution is -2.52. The van der Waals surface area contributed by atoms with Gasteiger partial charge in [-0.1, -0.05) is 62.7 Å². The number of alkyl halides is 1. The quantitative estimate of drug-likeness (QED) is 0.0570. The average Bonchev–Trinajstić information content (AvgIpc) is 1.66. The first-order chi connectivity index (χ1) is 40.9. The Balaban J connectivity index is 0.000000217.